The summed E-state index contributed by atoms with van der Waals surface area (Å²) in [5.74, 6) is 1.19. The van der Waals surface area contributed by atoms with Crippen molar-refractivity contribution < 1.29 is 9.53 Å². The Hall–Kier alpha value is -2.67. The Morgan fingerprint density at radius 1 is 1.24 bits per heavy atom. The quantitative estimate of drug-likeness (QED) is 0.924. The molecule has 0 bridgehead atoms. The molecule has 1 aromatic heterocycles. The first-order valence-corrected chi connectivity index (χ1v) is 8.60. The Bertz CT molecular complexity index is 733. The maximum Gasteiger partial charge on any atom is 0.414 e. The van der Waals surface area contributed by atoms with Gasteiger partial charge in [0.1, 0.15) is 0 Å². The number of fused-ring (bicyclic) bond motifs is 1. The van der Waals surface area contributed by atoms with Crippen LogP contribution in [0.4, 0.5) is 22.0 Å². The SMILES string of the molecule is O=C(OC[C@@H]1CCNC1)N1CCN(c2cnccn2)c2ccccc21. The second-order valence-corrected chi connectivity index (χ2v) is 6.29. The number of hydrogen-bond acceptors (Lipinski definition) is 6. The summed E-state index contributed by atoms with van der Waals surface area (Å²) < 4.78 is 5.56. The van der Waals surface area contributed by atoms with E-state index in [0.29, 0.717) is 25.6 Å². The van der Waals surface area contributed by atoms with Gasteiger partial charge in [-0.2, -0.15) is 0 Å². The maximum atomic E-state index is 12.6. The maximum absolute atomic E-state index is 12.6. The van der Waals surface area contributed by atoms with Gasteiger partial charge in [-0.1, -0.05) is 12.1 Å². The summed E-state index contributed by atoms with van der Waals surface area (Å²) in [5, 5.41) is 3.29. The number of rotatable bonds is 3. The van der Waals surface area contributed by atoms with Crippen molar-refractivity contribution in [3.05, 3.63) is 42.9 Å². The van der Waals surface area contributed by atoms with Crippen molar-refractivity contribution in [2.45, 2.75) is 6.42 Å². The van der Waals surface area contributed by atoms with Gasteiger partial charge in [0.2, 0.25) is 0 Å². The summed E-state index contributed by atoms with van der Waals surface area (Å²) in [7, 11) is 0. The largest absolute Gasteiger partial charge is 0.449 e. The minimum absolute atomic E-state index is 0.279. The van der Waals surface area contributed by atoms with E-state index in [4.69, 9.17) is 4.74 Å². The van der Waals surface area contributed by atoms with Gasteiger partial charge in [-0.05, 0) is 25.1 Å². The fourth-order valence-electron chi connectivity index (χ4n) is 3.34. The molecule has 1 saturated heterocycles. The predicted octanol–water partition coefficient (Wildman–Crippen LogP) is 2.18. The van der Waals surface area contributed by atoms with Crippen LogP contribution in [-0.2, 0) is 4.74 Å². The average molecular weight is 339 g/mol. The molecule has 1 N–H and O–H groups in total. The summed E-state index contributed by atoms with van der Waals surface area (Å²) in [5.41, 5.74) is 1.78. The van der Waals surface area contributed by atoms with Crippen molar-refractivity contribution in [1.29, 1.82) is 0 Å². The van der Waals surface area contributed by atoms with Gasteiger partial charge in [-0.3, -0.25) is 9.88 Å². The average Bonchev–Trinajstić information content (AvgIpc) is 3.19. The Labute approximate surface area is 146 Å². The lowest BCUT2D eigenvalue weighted by atomic mass is 10.1. The van der Waals surface area contributed by atoms with Crippen LogP contribution in [0.3, 0.4) is 0 Å². The number of nitrogens with one attached hydrogen (secondary N) is 1. The van der Waals surface area contributed by atoms with Gasteiger partial charge in [0.15, 0.2) is 5.82 Å². The fourth-order valence-corrected chi connectivity index (χ4v) is 3.34. The number of hydrogen-bond donors (Lipinski definition) is 1. The minimum atomic E-state index is -0.279. The zero-order valence-electron chi connectivity index (χ0n) is 14.0. The molecule has 25 heavy (non-hydrogen) atoms. The van der Waals surface area contributed by atoms with Gasteiger partial charge >= 0.3 is 6.09 Å². The molecule has 0 unspecified atom stereocenters. The summed E-state index contributed by atoms with van der Waals surface area (Å²) in [6, 6.07) is 7.82. The third-order valence-electron chi connectivity index (χ3n) is 4.66. The molecule has 1 aromatic carbocycles. The molecule has 1 fully saturated rings. The number of amides is 1. The lowest BCUT2D eigenvalue weighted by Crippen LogP contribution is -2.43. The lowest BCUT2D eigenvalue weighted by molar-refractivity contribution is 0.137. The van der Waals surface area contributed by atoms with E-state index in [1.54, 1.807) is 23.5 Å². The van der Waals surface area contributed by atoms with E-state index >= 15 is 0 Å². The van der Waals surface area contributed by atoms with E-state index in [9.17, 15) is 4.79 Å². The summed E-state index contributed by atoms with van der Waals surface area (Å²) in [6.45, 7) is 3.59. The van der Waals surface area contributed by atoms with Crippen molar-refractivity contribution in [2.24, 2.45) is 5.92 Å². The number of carbonyl (C=O) groups is 1. The molecule has 130 valence electrons. The van der Waals surface area contributed by atoms with E-state index in [1.165, 1.54) is 0 Å². The zero-order valence-corrected chi connectivity index (χ0v) is 14.0. The topological polar surface area (TPSA) is 70.6 Å². The highest BCUT2D eigenvalue weighted by Crippen LogP contribution is 2.36. The summed E-state index contributed by atoms with van der Waals surface area (Å²) in [6.07, 6.45) is 5.84. The molecule has 0 radical (unpaired) electrons. The van der Waals surface area contributed by atoms with Crippen molar-refractivity contribution in [3.63, 3.8) is 0 Å². The molecule has 4 rings (SSSR count). The number of benzene rings is 1. The Morgan fingerprint density at radius 3 is 2.88 bits per heavy atom. The third-order valence-corrected chi connectivity index (χ3v) is 4.66. The number of aromatic nitrogens is 2. The van der Waals surface area contributed by atoms with Crippen molar-refractivity contribution in [1.82, 2.24) is 15.3 Å². The molecule has 0 aliphatic carbocycles. The number of carbonyl (C=O) groups excluding carboxylic acids is 1. The van der Waals surface area contributed by atoms with Gasteiger partial charge in [-0.15, -0.1) is 0 Å². The predicted molar refractivity (Wildman–Crippen MR) is 95.2 cm³/mol. The van der Waals surface area contributed by atoms with Crippen LogP contribution in [0.25, 0.3) is 0 Å². The second-order valence-electron chi connectivity index (χ2n) is 6.29. The molecular weight excluding hydrogens is 318 g/mol. The zero-order chi connectivity index (χ0) is 17.1. The van der Waals surface area contributed by atoms with E-state index in [1.807, 2.05) is 24.3 Å². The van der Waals surface area contributed by atoms with Crippen LogP contribution in [0.2, 0.25) is 0 Å². The Balaban J connectivity index is 1.53. The molecule has 1 atom stereocenters. The highest BCUT2D eigenvalue weighted by Gasteiger charge is 2.29. The standard InChI is InChI=1S/C18H21N5O2/c24-18(25-13-14-5-6-19-11-14)23-10-9-22(17-12-20-7-8-21-17)15-3-1-2-4-16(15)23/h1-4,7-8,12,14,19H,5-6,9-11,13H2/t14-/m1/s1. The van der Waals surface area contributed by atoms with Gasteiger partial charge in [0.25, 0.3) is 0 Å². The monoisotopic (exact) mass is 339 g/mol. The van der Waals surface area contributed by atoms with Gasteiger partial charge in [0, 0.05) is 37.9 Å². The third kappa shape index (κ3) is 3.28. The molecule has 7 nitrogen and oxygen atoms in total. The normalized spacial score (nSPS) is 19.6. The molecule has 0 spiro atoms. The first-order chi connectivity index (χ1) is 12.3. The molecule has 2 aliphatic heterocycles. The summed E-state index contributed by atoms with van der Waals surface area (Å²) in [4.78, 5) is 24.9. The van der Waals surface area contributed by atoms with Crippen molar-refractivity contribution in [2.75, 3.05) is 42.6 Å². The van der Waals surface area contributed by atoms with Crippen LogP contribution in [0.5, 0.6) is 0 Å². The van der Waals surface area contributed by atoms with Crippen LogP contribution in [-0.4, -0.2) is 48.8 Å². The van der Waals surface area contributed by atoms with E-state index in [2.05, 4.69) is 20.2 Å². The number of para-hydroxylation sites is 2. The van der Waals surface area contributed by atoms with Crippen LogP contribution in [0, 0.1) is 5.92 Å². The molecule has 3 heterocycles. The molecule has 0 saturated carbocycles. The molecule has 1 amide bonds. The fraction of sp³-hybridized carbons (Fsp3) is 0.389. The number of anilines is 3. The van der Waals surface area contributed by atoms with Gasteiger partial charge < -0.3 is 15.0 Å². The van der Waals surface area contributed by atoms with E-state index in [0.717, 1.165) is 36.7 Å². The first kappa shape index (κ1) is 15.8. The van der Waals surface area contributed by atoms with Gasteiger partial charge in [0.05, 0.1) is 24.2 Å². The van der Waals surface area contributed by atoms with Gasteiger partial charge in [-0.25, -0.2) is 9.78 Å². The summed E-state index contributed by atoms with van der Waals surface area (Å²) >= 11 is 0. The van der Waals surface area contributed by atoms with Crippen LogP contribution < -0.4 is 15.1 Å². The molecule has 2 aromatic rings. The first-order valence-electron chi connectivity index (χ1n) is 8.60. The molecular formula is C18H21N5O2. The lowest BCUT2D eigenvalue weighted by Gasteiger charge is -2.36. The highest BCUT2D eigenvalue weighted by molar-refractivity contribution is 5.94. The molecule has 7 heteroatoms. The number of ether oxygens (including phenoxy) is 1. The highest BCUT2D eigenvalue weighted by atomic mass is 16.6. The van der Waals surface area contributed by atoms with Crippen molar-refractivity contribution in [3.8, 4) is 0 Å². The van der Waals surface area contributed by atoms with Crippen molar-refractivity contribution >= 4 is 23.3 Å². The Morgan fingerprint density at radius 2 is 2.12 bits per heavy atom. The molecule has 2 aliphatic rings. The van der Waals surface area contributed by atoms with Crippen LogP contribution in [0.1, 0.15) is 6.42 Å². The second kappa shape index (κ2) is 7.06. The number of nitrogens with zero attached hydrogens (tertiary/aromatic N) is 4. The van der Waals surface area contributed by atoms with E-state index in [-0.39, 0.29) is 6.09 Å². The van der Waals surface area contributed by atoms with Crippen LogP contribution in [0.15, 0.2) is 42.9 Å². The van der Waals surface area contributed by atoms with Crippen LogP contribution >= 0.6 is 0 Å². The smallest absolute Gasteiger partial charge is 0.414 e. The Kier molecular flexibility index (Phi) is 4.47. The minimum Gasteiger partial charge on any atom is -0.449 e. The van der Waals surface area contributed by atoms with E-state index < -0.39 is 0 Å².